The topological polar surface area (TPSA) is 71.2 Å². The van der Waals surface area contributed by atoms with E-state index in [2.05, 4.69) is 30.8 Å². The summed E-state index contributed by atoms with van der Waals surface area (Å²) in [5, 5.41) is 18.7. The van der Waals surface area contributed by atoms with Gasteiger partial charge in [-0.1, -0.05) is 6.42 Å². The molecule has 0 aliphatic carbocycles. The monoisotopic (exact) mass is 247 g/mol. The fourth-order valence-corrected chi connectivity index (χ4v) is 2.27. The van der Waals surface area contributed by atoms with E-state index in [1.54, 1.807) is 0 Å². The number of nitrogens with zero attached hydrogens (tertiary/aromatic N) is 6. The van der Waals surface area contributed by atoms with Crippen molar-refractivity contribution in [3.8, 4) is 0 Å². The summed E-state index contributed by atoms with van der Waals surface area (Å²) >= 11 is 0. The van der Waals surface area contributed by atoms with Crippen molar-refractivity contribution in [1.82, 2.24) is 30.2 Å². The zero-order valence-corrected chi connectivity index (χ0v) is 10.3. The minimum atomic E-state index is 0.664. The predicted octanol–water partition coefficient (Wildman–Crippen LogP) is 0.417. The molecule has 0 aromatic carbocycles. The van der Waals surface area contributed by atoms with E-state index in [0.717, 1.165) is 18.9 Å². The molecule has 2 aromatic rings. The van der Waals surface area contributed by atoms with Gasteiger partial charge in [0.25, 0.3) is 0 Å². The largest absolute Gasteiger partial charge is 0.367 e. The number of rotatable bonds is 4. The Morgan fingerprint density at radius 1 is 1.17 bits per heavy atom. The first kappa shape index (κ1) is 11.3. The first-order valence-corrected chi connectivity index (χ1v) is 6.43. The molecule has 7 heteroatoms. The lowest BCUT2D eigenvalue weighted by Crippen LogP contribution is -2.33. The van der Waals surface area contributed by atoms with Crippen LogP contribution in [0.25, 0.3) is 5.65 Å². The van der Waals surface area contributed by atoms with Crippen molar-refractivity contribution in [2.45, 2.75) is 19.3 Å². The maximum atomic E-state index is 4.27. The lowest BCUT2D eigenvalue weighted by Gasteiger charge is -2.26. The van der Waals surface area contributed by atoms with Gasteiger partial charge in [-0.15, -0.1) is 14.8 Å². The molecule has 2 aromatic heterocycles. The molecule has 1 saturated heterocycles. The van der Waals surface area contributed by atoms with Crippen LogP contribution in [0.1, 0.15) is 19.3 Å². The Morgan fingerprint density at radius 3 is 2.94 bits per heavy atom. The quantitative estimate of drug-likeness (QED) is 0.844. The van der Waals surface area contributed by atoms with Gasteiger partial charge in [-0.25, -0.2) is 0 Å². The van der Waals surface area contributed by atoms with E-state index in [4.69, 9.17) is 0 Å². The molecule has 1 aliphatic heterocycles. The SMILES string of the molecule is c1cc2nnnn2nc1NCCN1CCCCC1. The standard InChI is InChI=1S/C11H17N7/c1-2-7-17(8-3-1)9-6-12-10-4-5-11-13-15-16-18(11)14-10/h4-5H,1-3,6-9H2,(H,12,14). The molecule has 3 heterocycles. The summed E-state index contributed by atoms with van der Waals surface area (Å²) in [5.74, 6) is 0.812. The molecule has 0 spiro atoms. The average molecular weight is 247 g/mol. The zero-order chi connectivity index (χ0) is 12.2. The number of fused-ring (bicyclic) bond motifs is 1. The number of anilines is 1. The lowest BCUT2D eigenvalue weighted by atomic mass is 10.1. The summed E-state index contributed by atoms with van der Waals surface area (Å²) in [6.45, 7) is 4.41. The lowest BCUT2D eigenvalue weighted by molar-refractivity contribution is 0.237. The van der Waals surface area contributed by atoms with E-state index in [1.807, 2.05) is 12.1 Å². The van der Waals surface area contributed by atoms with Crippen LogP contribution in [0, 0.1) is 0 Å². The van der Waals surface area contributed by atoms with Gasteiger partial charge in [-0.05, 0) is 48.5 Å². The average Bonchev–Trinajstić information content (AvgIpc) is 2.87. The van der Waals surface area contributed by atoms with Gasteiger partial charge in [0.1, 0.15) is 5.82 Å². The first-order valence-electron chi connectivity index (χ1n) is 6.43. The molecule has 1 fully saturated rings. The number of aromatic nitrogens is 5. The van der Waals surface area contributed by atoms with Gasteiger partial charge in [-0.3, -0.25) is 0 Å². The Bertz CT molecular complexity index is 503. The van der Waals surface area contributed by atoms with Crippen LogP contribution in [-0.4, -0.2) is 56.3 Å². The van der Waals surface area contributed by atoms with Gasteiger partial charge in [0.15, 0.2) is 5.65 Å². The third kappa shape index (κ3) is 2.56. The molecule has 0 saturated carbocycles. The minimum absolute atomic E-state index is 0.664. The van der Waals surface area contributed by atoms with E-state index in [-0.39, 0.29) is 0 Å². The fourth-order valence-electron chi connectivity index (χ4n) is 2.27. The number of hydrogen-bond acceptors (Lipinski definition) is 6. The summed E-state index contributed by atoms with van der Waals surface area (Å²) in [7, 11) is 0. The summed E-state index contributed by atoms with van der Waals surface area (Å²) in [6, 6.07) is 3.76. The van der Waals surface area contributed by atoms with Gasteiger partial charge in [-0.2, -0.15) is 0 Å². The molecular weight excluding hydrogens is 230 g/mol. The second-order valence-corrected chi connectivity index (χ2v) is 4.57. The molecule has 96 valence electrons. The molecule has 7 nitrogen and oxygen atoms in total. The Kier molecular flexibility index (Phi) is 3.31. The third-order valence-corrected chi connectivity index (χ3v) is 3.25. The highest BCUT2D eigenvalue weighted by atomic mass is 15.6. The Hall–Kier alpha value is -1.76. The first-order chi connectivity index (χ1) is 8.92. The molecule has 1 N–H and O–H groups in total. The van der Waals surface area contributed by atoms with Crippen molar-refractivity contribution in [2.75, 3.05) is 31.5 Å². The highest BCUT2D eigenvalue weighted by Crippen LogP contribution is 2.08. The summed E-state index contributed by atoms with van der Waals surface area (Å²) in [5.41, 5.74) is 0.664. The van der Waals surface area contributed by atoms with E-state index in [0.29, 0.717) is 5.65 Å². The van der Waals surface area contributed by atoms with Crippen LogP contribution in [0.2, 0.25) is 0 Å². The van der Waals surface area contributed by atoms with E-state index >= 15 is 0 Å². The molecule has 0 amide bonds. The van der Waals surface area contributed by atoms with Crippen molar-refractivity contribution >= 4 is 11.5 Å². The van der Waals surface area contributed by atoms with Crippen LogP contribution in [0.15, 0.2) is 12.1 Å². The predicted molar refractivity (Wildman–Crippen MR) is 67.4 cm³/mol. The Balaban J connectivity index is 1.52. The van der Waals surface area contributed by atoms with Gasteiger partial charge in [0.2, 0.25) is 0 Å². The maximum absolute atomic E-state index is 4.27. The highest BCUT2D eigenvalue weighted by molar-refractivity contribution is 5.41. The zero-order valence-electron chi connectivity index (χ0n) is 10.3. The van der Waals surface area contributed by atoms with Crippen LogP contribution in [-0.2, 0) is 0 Å². The van der Waals surface area contributed by atoms with Crippen LogP contribution in [0.3, 0.4) is 0 Å². The summed E-state index contributed by atoms with van der Waals surface area (Å²) < 4.78 is 1.43. The van der Waals surface area contributed by atoms with Crippen molar-refractivity contribution < 1.29 is 0 Å². The molecule has 1 aliphatic rings. The molecule has 0 unspecified atom stereocenters. The number of tetrazole rings is 1. The van der Waals surface area contributed by atoms with Crippen molar-refractivity contribution in [1.29, 1.82) is 0 Å². The molecule has 3 rings (SSSR count). The number of hydrogen-bond donors (Lipinski definition) is 1. The van der Waals surface area contributed by atoms with E-state index in [1.165, 1.54) is 37.0 Å². The van der Waals surface area contributed by atoms with Gasteiger partial charge < -0.3 is 10.2 Å². The maximum Gasteiger partial charge on any atom is 0.200 e. The Morgan fingerprint density at radius 2 is 2.06 bits per heavy atom. The summed E-state index contributed by atoms with van der Waals surface area (Å²) in [4.78, 5) is 2.49. The van der Waals surface area contributed by atoms with E-state index in [9.17, 15) is 0 Å². The molecule has 0 radical (unpaired) electrons. The minimum Gasteiger partial charge on any atom is -0.367 e. The number of piperidine rings is 1. The normalized spacial score (nSPS) is 17.1. The second-order valence-electron chi connectivity index (χ2n) is 4.57. The van der Waals surface area contributed by atoms with Crippen LogP contribution >= 0.6 is 0 Å². The van der Waals surface area contributed by atoms with Crippen molar-refractivity contribution in [2.24, 2.45) is 0 Å². The summed E-state index contributed by atoms with van der Waals surface area (Å²) in [6.07, 6.45) is 4.03. The molecule has 0 bridgehead atoms. The molecule has 18 heavy (non-hydrogen) atoms. The molecule has 0 atom stereocenters. The molecular formula is C11H17N7. The number of likely N-dealkylation sites (tertiary alicyclic amines) is 1. The van der Waals surface area contributed by atoms with Gasteiger partial charge in [0, 0.05) is 13.1 Å². The third-order valence-electron chi connectivity index (χ3n) is 3.25. The van der Waals surface area contributed by atoms with Crippen LogP contribution in [0.4, 0.5) is 5.82 Å². The van der Waals surface area contributed by atoms with Crippen molar-refractivity contribution in [3.05, 3.63) is 12.1 Å². The van der Waals surface area contributed by atoms with Gasteiger partial charge >= 0.3 is 0 Å². The Labute approximate surface area is 105 Å². The van der Waals surface area contributed by atoms with E-state index < -0.39 is 0 Å². The van der Waals surface area contributed by atoms with Gasteiger partial charge in [0.05, 0.1) is 0 Å². The van der Waals surface area contributed by atoms with Crippen molar-refractivity contribution in [3.63, 3.8) is 0 Å². The second kappa shape index (κ2) is 5.26. The van der Waals surface area contributed by atoms with Crippen LogP contribution < -0.4 is 5.32 Å². The van der Waals surface area contributed by atoms with Crippen LogP contribution in [0.5, 0.6) is 0 Å². The fraction of sp³-hybridized carbons (Fsp3) is 0.636. The smallest absolute Gasteiger partial charge is 0.200 e. The highest BCUT2D eigenvalue weighted by Gasteiger charge is 2.09. The number of nitrogens with one attached hydrogen (secondary N) is 1.